The van der Waals surface area contributed by atoms with Crippen LogP contribution in [-0.2, 0) is 0 Å². The third-order valence-electron chi connectivity index (χ3n) is 4.19. The molecule has 1 aliphatic heterocycles. The van der Waals surface area contributed by atoms with E-state index < -0.39 is 5.92 Å². The van der Waals surface area contributed by atoms with E-state index in [2.05, 4.69) is 21.3 Å². The number of ether oxygens (including phenoxy) is 1. The molecule has 108 valence electrons. The summed E-state index contributed by atoms with van der Waals surface area (Å²) in [6.45, 7) is 1.90. The van der Waals surface area contributed by atoms with Crippen LogP contribution in [0.5, 0.6) is 5.88 Å². The van der Waals surface area contributed by atoms with Crippen LogP contribution in [-0.4, -0.2) is 21.1 Å². The van der Waals surface area contributed by atoms with Gasteiger partial charge in [0.2, 0.25) is 11.8 Å². The number of aromatic amines is 2. The van der Waals surface area contributed by atoms with Crippen LogP contribution in [0.25, 0.3) is 10.9 Å². The number of fused-ring (bicyclic) bond motifs is 2. The maximum absolute atomic E-state index is 9.55. The van der Waals surface area contributed by atoms with Crippen LogP contribution in [0.1, 0.15) is 22.7 Å². The standard InChI is InChI=1S/C16H13N5O/c1-8-13-14(10(6-17)15(18)22-16(13)21-20-8)11-7-19-12-5-3-2-4-9(11)12/h2-5,7,10,14,18-19H,1H3,(H,20,21). The highest BCUT2D eigenvalue weighted by Gasteiger charge is 2.40. The molecule has 2 aromatic heterocycles. The maximum atomic E-state index is 9.55. The van der Waals surface area contributed by atoms with Crippen molar-refractivity contribution >= 4 is 16.8 Å². The quantitative estimate of drug-likeness (QED) is 0.642. The van der Waals surface area contributed by atoms with Gasteiger partial charge in [-0.3, -0.25) is 10.5 Å². The van der Waals surface area contributed by atoms with Gasteiger partial charge >= 0.3 is 0 Å². The lowest BCUT2D eigenvalue weighted by Crippen LogP contribution is -2.30. The van der Waals surface area contributed by atoms with Crippen molar-refractivity contribution in [2.24, 2.45) is 5.92 Å². The maximum Gasteiger partial charge on any atom is 0.243 e. The number of nitrogens with one attached hydrogen (secondary N) is 3. The van der Waals surface area contributed by atoms with Gasteiger partial charge in [0.1, 0.15) is 5.92 Å². The zero-order chi connectivity index (χ0) is 15.3. The first kappa shape index (κ1) is 12.7. The van der Waals surface area contributed by atoms with E-state index in [4.69, 9.17) is 10.1 Å². The van der Waals surface area contributed by atoms with E-state index in [0.717, 1.165) is 27.7 Å². The molecule has 0 spiro atoms. The minimum absolute atomic E-state index is 0.0585. The monoisotopic (exact) mass is 291 g/mol. The molecule has 1 aliphatic rings. The molecular formula is C16H13N5O. The zero-order valence-electron chi connectivity index (χ0n) is 11.8. The molecule has 0 amide bonds. The number of hydrogen-bond acceptors (Lipinski definition) is 4. The van der Waals surface area contributed by atoms with Crippen molar-refractivity contribution in [3.8, 4) is 11.9 Å². The van der Waals surface area contributed by atoms with Crippen LogP contribution in [0.15, 0.2) is 30.5 Å². The molecule has 0 radical (unpaired) electrons. The average molecular weight is 291 g/mol. The predicted molar refractivity (Wildman–Crippen MR) is 80.9 cm³/mol. The molecule has 3 aromatic rings. The minimum atomic E-state index is -0.664. The normalized spacial score (nSPS) is 20.5. The van der Waals surface area contributed by atoms with Crippen molar-refractivity contribution in [3.63, 3.8) is 0 Å². The molecule has 2 atom stereocenters. The molecule has 0 saturated heterocycles. The first-order chi connectivity index (χ1) is 10.7. The van der Waals surface area contributed by atoms with Crippen molar-refractivity contribution in [2.45, 2.75) is 12.8 Å². The molecule has 6 heteroatoms. The number of para-hydroxylation sites is 1. The molecule has 3 heterocycles. The predicted octanol–water partition coefficient (Wildman–Crippen LogP) is 2.84. The third-order valence-corrected chi connectivity index (χ3v) is 4.19. The summed E-state index contributed by atoms with van der Waals surface area (Å²) in [5.74, 6) is -0.597. The first-order valence-corrected chi connectivity index (χ1v) is 6.97. The SMILES string of the molecule is Cc1[nH]nc2c1C(c1c[nH]c3ccccc13)C(C#N)C(=N)O2. The Hall–Kier alpha value is -3.07. The summed E-state index contributed by atoms with van der Waals surface area (Å²) in [5.41, 5.74) is 3.71. The fourth-order valence-electron chi connectivity index (χ4n) is 3.16. The Balaban J connectivity index is 2.00. The van der Waals surface area contributed by atoms with Crippen molar-refractivity contribution in [1.82, 2.24) is 15.2 Å². The molecule has 0 saturated carbocycles. The van der Waals surface area contributed by atoms with Gasteiger partial charge in [0.05, 0.1) is 6.07 Å². The summed E-state index contributed by atoms with van der Waals surface area (Å²) < 4.78 is 5.40. The number of hydrogen-bond donors (Lipinski definition) is 3. The summed E-state index contributed by atoms with van der Waals surface area (Å²) in [6.07, 6.45) is 1.91. The number of benzene rings is 1. The van der Waals surface area contributed by atoms with E-state index in [0.29, 0.717) is 5.88 Å². The highest BCUT2D eigenvalue weighted by molar-refractivity contribution is 5.89. The van der Waals surface area contributed by atoms with Crippen LogP contribution in [0.4, 0.5) is 0 Å². The second-order valence-electron chi connectivity index (χ2n) is 5.41. The summed E-state index contributed by atoms with van der Waals surface area (Å²) in [7, 11) is 0. The van der Waals surface area contributed by atoms with Crippen LogP contribution in [0, 0.1) is 29.6 Å². The summed E-state index contributed by atoms with van der Waals surface area (Å²) in [6, 6.07) is 10.2. The van der Waals surface area contributed by atoms with Crippen LogP contribution in [0.3, 0.4) is 0 Å². The fourth-order valence-corrected chi connectivity index (χ4v) is 3.16. The zero-order valence-corrected chi connectivity index (χ0v) is 11.8. The minimum Gasteiger partial charge on any atom is -0.422 e. The van der Waals surface area contributed by atoms with Gasteiger partial charge in [0.15, 0.2) is 0 Å². The van der Waals surface area contributed by atoms with Gasteiger partial charge in [0, 0.05) is 34.3 Å². The van der Waals surface area contributed by atoms with Gasteiger partial charge in [-0.1, -0.05) is 18.2 Å². The van der Waals surface area contributed by atoms with E-state index in [1.54, 1.807) is 0 Å². The largest absolute Gasteiger partial charge is 0.422 e. The molecule has 2 unspecified atom stereocenters. The second kappa shape index (κ2) is 4.46. The lowest BCUT2D eigenvalue weighted by molar-refractivity contribution is 0.437. The van der Waals surface area contributed by atoms with Gasteiger partial charge in [0.25, 0.3) is 0 Å². The molecular weight excluding hydrogens is 278 g/mol. The van der Waals surface area contributed by atoms with Gasteiger partial charge in [-0.25, -0.2) is 0 Å². The van der Waals surface area contributed by atoms with E-state index in [1.165, 1.54) is 0 Å². The average Bonchev–Trinajstić information content (AvgIpc) is 3.10. The molecule has 0 aliphatic carbocycles. The van der Waals surface area contributed by atoms with Crippen LogP contribution < -0.4 is 4.74 Å². The van der Waals surface area contributed by atoms with E-state index in [1.807, 2.05) is 37.4 Å². The van der Waals surface area contributed by atoms with Crippen molar-refractivity contribution < 1.29 is 4.74 Å². The van der Waals surface area contributed by atoms with Crippen LogP contribution in [0.2, 0.25) is 0 Å². The Labute approximate surface area is 126 Å². The highest BCUT2D eigenvalue weighted by Crippen LogP contribution is 2.44. The topological polar surface area (TPSA) is 101 Å². The molecule has 4 rings (SSSR count). The summed E-state index contributed by atoms with van der Waals surface area (Å²) in [5, 5.41) is 25.6. The third kappa shape index (κ3) is 1.59. The van der Waals surface area contributed by atoms with Gasteiger partial charge in [-0.15, -0.1) is 5.10 Å². The number of nitriles is 1. The molecule has 3 N–H and O–H groups in total. The van der Waals surface area contributed by atoms with Gasteiger partial charge < -0.3 is 9.72 Å². The molecule has 1 aromatic carbocycles. The van der Waals surface area contributed by atoms with Gasteiger partial charge in [-0.2, -0.15) is 5.26 Å². The van der Waals surface area contributed by atoms with Crippen molar-refractivity contribution in [2.75, 3.05) is 0 Å². The highest BCUT2D eigenvalue weighted by atomic mass is 16.5. The fraction of sp³-hybridized carbons (Fsp3) is 0.188. The Morgan fingerprint density at radius 1 is 1.36 bits per heavy atom. The number of rotatable bonds is 1. The van der Waals surface area contributed by atoms with E-state index in [-0.39, 0.29) is 11.8 Å². The number of nitrogens with zero attached hydrogens (tertiary/aromatic N) is 2. The lowest BCUT2D eigenvalue weighted by atomic mass is 9.79. The van der Waals surface area contributed by atoms with Crippen molar-refractivity contribution in [1.29, 1.82) is 10.7 Å². The summed E-state index contributed by atoms with van der Waals surface area (Å²) >= 11 is 0. The van der Waals surface area contributed by atoms with E-state index >= 15 is 0 Å². The molecule has 0 fully saturated rings. The lowest BCUT2D eigenvalue weighted by Gasteiger charge is -2.27. The summed E-state index contributed by atoms with van der Waals surface area (Å²) in [4.78, 5) is 3.24. The Morgan fingerprint density at radius 3 is 3.00 bits per heavy atom. The smallest absolute Gasteiger partial charge is 0.243 e. The van der Waals surface area contributed by atoms with Crippen molar-refractivity contribution in [3.05, 3.63) is 47.3 Å². The Bertz CT molecular complexity index is 930. The van der Waals surface area contributed by atoms with Gasteiger partial charge in [-0.05, 0) is 18.6 Å². The van der Waals surface area contributed by atoms with Crippen LogP contribution >= 0.6 is 0 Å². The number of aryl methyl sites for hydroxylation is 1. The second-order valence-corrected chi connectivity index (χ2v) is 5.41. The molecule has 6 nitrogen and oxygen atoms in total. The molecule has 0 bridgehead atoms. The molecule has 22 heavy (non-hydrogen) atoms. The Morgan fingerprint density at radius 2 is 2.18 bits per heavy atom. The van der Waals surface area contributed by atoms with E-state index in [9.17, 15) is 5.26 Å². The number of aromatic nitrogens is 3. The Kier molecular flexibility index (Phi) is 2.57. The first-order valence-electron chi connectivity index (χ1n) is 6.97. The number of H-pyrrole nitrogens is 2.